The molecule has 0 bridgehead atoms. The molecule has 21 heavy (non-hydrogen) atoms. The minimum absolute atomic E-state index is 0. The second kappa shape index (κ2) is 6.94. The second-order valence-corrected chi connectivity index (χ2v) is 5.99. The molecule has 0 heterocycles. The van der Waals surface area contributed by atoms with Gasteiger partial charge >= 0.3 is 0 Å². The third-order valence-corrected chi connectivity index (χ3v) is 4.50. The highest BCUT2D eigenvalue weighted by atomic mass is 127. The highest BCUT2D eigenvalue weighted by Gasteiger charge is 2.38. The normalized spacial score (nSPS) is 20.2. The first-order valence-corrected chi connectivity index (χ1v) is 7.45. The molecule has 0 saturated heterocycles. The molecule has 1 aromatic carbocycles. The third-order valence-electron chi connectivity index (χ3n) is 4.50. The van der Waals surface area contributed by atoms with Gasteiger partial charge in [0.15, 0.2) is 5.96 Å². The highest BCUT2D eigenvalue weighted by molar-refractivity contribution is 14.0. The summed E-state index contributed by atoms with van der Waals surface area (Å²) in [6, 6.07) is 7.57. The molecule has 0 radical (unpaired) electrons. The number of halogens is 2. The lowest BCUT2D eigenvalue weighted by atomic mass is 9.64. The fourth-order valence-electron chi connectivity index (χ4n) is 2.84. The van der Waals surface area contributed by atoms with Gasteiger partial charge in [0.1, 0.15) is 5.82 Å². The van der Waals surface area contributed by atoms with E-state index >= 15 is 0 Å². The number of rotatable bonds is 4. The Kier molecular flexibility index (Phi) is 5.46. The third kappa shape index (κ3) is 3.87. The summed E-state index contributed by atoms with van der Waals surface area (Å²) in [6.07, 6.45) is 6.04. The molecule has 3 rings (SSSR count). The van der Waals surface area contributed by atoms with Crippen LogP contribution in [0.2, 0.25) is 0 Å². The quantitative estimate of drug-likeness (QED) is 0.460. The van der Waals surface area contributed by atoms with Crippen LogP contribution in [0.15, 0.2) is 29.3 Å². The van der Waals surface area contributed by atoms with Crippen molar-refractivity contribution in [2.24, 2.45) is 4.99 Å². The van der Waals surface area contributed by atoms with E-state index in [-0.39, 0.29) is 35.2 Å². The molecule has 1 aromatic rings. The largest absolute Gasteiger partial charge is 0.356 e. The maximum atomic E-state index is 13.1. The van der Waals surface area contributed by atoms with E-state index in [1.54, 1.807) is 12.1 Å². The molecule has 0 aliphatic heterocycles. The predicted octanol–water partition coefficient (Wildman–Crippen LogP) is 3.19. The van der Waals surface area contributed by atoms with E-state index in [9.17, 15) is 4.39 Å². The Hall–Kier alpha value is -0.850. The molecule has 0 aromatic heterocycles. The van der Waals surface area contributed by atoms with E-state index in [1.165, 1.54) is 24.8 Å². The van der Waals surface area contributed by atoms with Crippen molar-refractivity contribution >= 4 is 29.9 Å². The Morgan fingerprint density at radius 1 is 1.29 bits per heavy atom. The molecule has 5 heteroatoms. The fraction of sp³-hybridized carbons (Fsp3) is 0.562. The van der Waals surface area contributed by atoms with Crippen molar-refractivity contribution in [2.75, 3.05) is 13.6 Å². The van der Waals surface area contributed by atoms with E-state index in [4.69, 9.17) is 0 Å². The van der Waals surface area contributed by atoms with Crippen LogP contribution in [-0.4, -0.2) is 25.6 Å². The summed E-state index contributed by atoms with van der Waals surface area (Å²) < 4.78 is 13.1. The molecular formula is C16H23FIN3. The SMILES string of the molecule is CN=C(NCC1(c2ccc(F)cc2)CCC1)NC1CC1.I. The Labute approximate surface area is 142 Å². The van der Waals surface area contributed by atoms with Crippen LogP contribution >= 0.6 is 24.0 Å². The average molecular weight is 403 g/mol. The van der Waals surface area contributed by atoms with Crippen molar-refractivity contribution in [1.29, 1.82) is 0 Å². The maximum absolute atomic E-state index is 13.1. The Bertz CT molecular complexity index is 493. The van der Waals surface area contributed by atoms with E-state index in [0.29, 0.717) is 6.04 Å². The predicted molar refractivity (Wildman–Crippen MR) is 94.9 cm³/mol. The minimum Gasteiger partial charge on any atom is -0.356 e. The molecule has 0 atom stereocenters. The molecule has 0 unspecified atom stereocenters. The van der Waals surface area contributed by atoms with Gasteiger partial charge in [0.2, 0.25) is 0 Å². The number of hydrogen-bond acceptors (Lipinski definition) is 1. The summed E-state index contributed by atoms with van der Waals surface area (Å²) in [7, 11) is 1.81. The Morgan fingerprint density at radius 2 is 1.95 bits per heavy atom. The van der Waals surface area contributed by atoms with E-state index in [2.05, 4.69) is 15.6 Å². The Morgan fingerprint density at radius 3 is 2.43 bits per heavy atom. The van der Waals surface area contributed by atoms with Crippen LogP contribution in [-0.2, 0) is 5.41 Å². The van der Waals surface area contributed by atoms with Gasteiger partial charge in [-0.1, -0.05) is 18.6 Å². The number of hydrogen-bond donors (Lipinski definition) is 2. The lowest BCUT2D eigenvalue weighted by molar-refractivity contribution is 0.243. The molecule has 2 saturated carbocycles. The van der Waals surface area contributed by atoms with E-state index < -0.39 is 0 Å². The summed E-state index contributed by atoms with van der Waals surface area (Å²) in [5.74, 6) is 0.725. The van der Waals surface area contributed by atoms with Crippen LogP contribution in [0.4, 0.5) is 4.39 Å². The molecule has 0 spiro atoms. The minimum atomic E-state index is -0.164. The van der Waals surface area contributed by atoms with Gasteiger partial charge in [-0.3, -0.25) is 4.99 Å². The standard InChI is InChI=1S/C16H22FN3.HI/c1-18-15(20-14-7-8-14)19-11-16(9-2-10-16)12-3-5-13(17)6-4-12;/h3-6,14H,2,7-11H2,1H3,(H2,18,19,20);1H. The van der Waals surface area contributed by atoms with Gasteiger partial charge in [0, 0.05) is 25.0 Å². The van der Waals surface area contributed by atoms with Crippen LogP contribution in [0, 0.1) is 5.82 Å². The van der Waals surface area contributed by atoms with Crippen molar-refractivity contribution in [3.8, 4) is 0 Å². The molecule has 2 N–H and O–H groups in total. The molecule has 0 amide bonds. The van der Waals surface area contributed by atoms with Gasteiger partial charge in [0.25, 0.3) is 0 Å². The average Bonchev–Trinajstić information content (AvgIpc) is 3.22. The monoisotopic (exact) mass is 403 g/mol. The molecule has 2 fully saturated rings. The second-order valence-electron chi connectivity index (χ2n) is 5.99. The van der Waals surface area contributed by atoms with Gasteiger partial charge in [-0.2, -0.15) is 0 Å². The first-order valence-electron chi connectivity index (χ1n) is 7.45. The van der Waals surface area contributed by atoms with E-state index in [0.717, 1.165) is 25.3 Å². The van der Waals surface area contributed by atoms with Crippen molar-refractivity contribution in [3.05, 3.63) is 35.6 Å². The topological polar surface area (TPSA) is 36.4 Å². The highest BCUT2D eigenvalue weighted by Crippen LogP contribution is 2.43. The van der Waals surface area contributed by atoms with Crippen molar-refractivity contribution in [3.63, 3.8) is 0 Å². The first kappa shape index (κ1) is 16.5. The zero-order chi connectivity index (χ0) is 14.0. The van der Waals surface area contributed by atoms with Crippen LogP contribution in [0.25, 0.3) is 0 Å². The number of nitrogens with zero attached hydrogens (tertiary/aromatic N) is 1. The van der Waals surface area contributed by atoms with Crippen LogP contribution in [0.3, 0.4) is 0 Å². The van der Waals surface area contributed by atoms with Gasteiger partial charge in [0.05, 0.1) is 0 Å². The summed E-state index contributed by atoms with van der Waals surface area (Å²) in [6.45, 7) is 0.866. The number of benzene rings is 1. The van der Waals surface area contributed by atoms with Gasteiger partial charge in [-0.05, 0) is 43.4 Å². The first-order chi connectivity index (χ1) is 9.72. The van der Waals surface area contributed by atoms with Gasteiger partial charge in [-0.15, -0.1) is 24.0 Å². The van der Waals surface area contributed by atoms with Crippen LogP contribution in [0.1, 0.15) is 37.7 Å². The molecular weight excluding hydrogens is 380 g/mol. The van der Waals surface area contributed by atoms with Crippen LogP contribution in [0.5, 0.6) is 0 Å². The summed E-state index contributed by atoms with van der Waals surface area (Å²) in [4.78, 5) is 4.27. The van der Waals surface area contributed by atoms with Gasteiger partial charge in [-0.25, -0.2) is 4.39 Å². The van der Waals surface area contributed by atoms with Crippen molar-refractivity contribution in [2.45, 2.75) is 43.6 Å². The lowest BCUT2D eigenvalue weighted by Crippen LogP contribution is -2.49. The van der Waals surface area contributed by atoms with Gasteiger partial charge < -0.3 is 10.6 Å². The number of guanidine groups is 1. The van der Waals surface area contributed by atoms with Crippen molar-refractivity contribution in [1.82, 2.24) is 10.6 Å². The number of aliphatic imine (C=N–C) groups is 1. The Balaban J connectivity index is 0.00000161. The van der Waals surface area contributed by atoms with Crippen LogP contribution < -0.4 is 10.6 Å². The summed E-state index contributed by atoms with van der Waals surface area (Å²) >= 11 is 0. The maximum Gasteiger partial charge on any atom is 0.191 e. The summed E-state index contributed by atoms with van der Waals surface area (Å²) in [5.41, 5.74) is 1.38. The molecule has 2 aliphatic carbocycles. The lowest BCUT2D eigenvalue weighted by Gasteiger charge is -2.43. The molecule has 3 nitrogen and oxygen atoms in total. The number of nitrogens with one attached hydrogen (secondary N) is 2. The fourth-order valence-corrected chi connectivity index (χ4v) is 2.84. The van der Waals surface area contributed by atoms with Crippen molar-refractivity contribution < 1.29 is 4.39 Å². The zero-order valence-corrected chi connectivity index (χ0v) is 14.7. The smallest absolute Gasteiger partial charge is 0.191 e. The molecule has 2 aliphatic rings. The zero-order valence-electron chi connectivity index (χ0n) is 12.4. The molecule has 116 valence electrons. The summed E-state index contributed by atoms with van der Waals surface area (Å²) in [5, 5.41) is 6.84. The van der Waals surface area contributed by atoms with E-state index in [1.807, 2.05) is 19.2 Å².